The second-order valence-electron chi connectivity index (χ2n) is 5.69. The first-order chi connectivity index (χ1) is 14.0. The van der Waals surface area contributed by atoms with Crippen molar-refractivity contribution in [2.45, 2.75) is 4.90 Å². The number of rotatable bonds is 5. The third kappa shape index (κ3) is 3.61. The molecule has 12 heteroatoms. The number of nitrogens with two attached hydrogens (primary N) is 1. The van der Waals surface area contributed by atoms with Gasteiger partial charge >= 0.3 is 0 Å². The number of ether oxygens (including phenoxy) is 1. The van der Waals surface area contributed by atoms with Crippen LogP contribution in [-0.2, 0) is 0 Å². The zero-order chi connectivity index (χ0) is 20.5. The van der Waals surface area contributed by atoms with Gasteiger partial charge in [-0.2, -0.15) is 0 Å². The molecule has 4 N–H and O–H groups in total. The summed E-state index contributed by atoms with van der Waals surface area (Å²) in [5.41, 5.74) is 5.91. The van der Waals surface area contributed by atoms with Gasteiger partial charge in [0.1, 0.15) is 23.5 Å². The second kappa shape index (κ2) is 7.68. The molecule has 0 unspecified atom stereocenters. The maximum Gasteiger partial charge on any atom is 0.228 e. The summed E-state index contributed by atoms with van der Waals surface area (Å²) in [4.78, 5) is 19.2. The van der Waals surface area contributed by atoms with E-state index in [4.69, 9.17) is 22.1 Å². The number of fused-ring (bicyclic) bond motifs is 1. The molecule has 0 aliphatic heterocycles. The highest BCUT2D eigenvalue weighted by atomic mass is 35.5. The van der Waals surface area contributed by atoms with Crippen LogP contribution >= 0.6 is 23.5 Å². The molecule has 148 valence electrons. The van der Waals surface area contributed by atoms with E-state index in [1.165, 1.54) is 25.7 Å². The van der Waals surface area contributed by atoms with Gasteiger partial charge in [-0.05, 0) is 30.1 Å². The van der Waals surface area contributed by atoms with Gasteiger partial charge in [0, 0.05) is 6.20 Å². The first kappa shape index (κ1) is 19.2. The molecule has 0 saturated heterocycles. The van der Waals surface area contributed by atoms with Gasteiger partial charge in [0.05, 0.1) is 28.3 Å². The van der Waals surface area contributed by atoms with Gasteiger partial charge in [-0.1, -0.05) is 11.6 Å². The van der Waals surface area contributed by atoms with E-state index in [9.17, 15) is 4.39 Å². The summed E-state index contributed by atoms with van der Waals surface area (Å²) in [5, 5.41) is 0.386. The van der Waals surface area contributed by atoms with Crippen molar-refractivity contribution in [3.05, 3.63) is 47.4 Å². The highest BCUT2D eigenvalue weighted by Gasteiger charge is 2.20. The number of methoxy groups -OCH3 is 1. The van der Waals surface area contributed by atoms with Crippen LogP contribution in [0.5, 0.6) is 5.88 Å². The molecule has 0 aliphatic rings. The number of nitrogen functional groups attached to an aromatic ring is 1. The molecule has 3 heterocycles. The van der Waals surface area contributed by atoms with E-state index in [1.807, 2.05) is 0 Å². The Labute approximate surface area is 172 Å². The van der Waals surface area contributed by atoms with Crippen LogP contribution in [0.1, 0.15) is 0 Å². The summed E-state index contributed by atoms with van der Waals surface area (Å²) >= 11 is 6.96. The predicted octanol–water partition coefficient (Wildman–Crippen LogP) is 4.06. The summed E-state index contributed by atoms with van der Waals surface area (Å²) < 4.78 is 37.5. The normalized spacial score (nSPS) is 11.0. The Balaban J connectivity index is 1.70. The van der Waals surface area contributed by atoms with Gasteiger partial charge in [-0.3, -0.25) is 0 Å². The molecule has 8 nitrogen and oxygen atoms in total. The van der Waals surface area contributed by atoms with Crippen LogP contribution in [-0.4, -0.2) is 32.0 Å². The van der Waals surface area contributed by atoms with Crippen LogP contribution in [0.25, 0.3) is 22.6 Å². The lowest BCUT2D eigenvalue weighted by Crippen LogP contribution is -1.99. The van der Waals surface area contributed by atoms with E-state index in [2.05, 4.69) is 29.6 Å². The highest BCUT2D eigenvalue weighted by molar-refractivity contribution is 8.00. The van der Waals surface area contributed by atoms with Gasteiger partial charge < -0.3 is 20.2 Å². The lowest BCUT2D eigenvalue weighted by atomic mass is 10.1. The van der Waals surface area contributed by atoms with Gasteiger partial charge in [0.25, 0.3) is 0 Å². The molecule has 0 atom stereocenters. The maximum atomic E-state index is 15.1. The molecule has 1 aromatic carbocycles. The molecule has 29 heavy (non-hydrogen) atoms. The number of hydrogen-bond acceptors (Lipinski definition) is 8. The molecule has 0 saturated carbocycles. The summed E-state index contributed by atoms with van der Waals surface area (Å²) in [6.07, 6.45) is 2.65. The molecule has 4 aromatic rings. The van der Waals surface area contributed by atoms with Crippen LogP contribution < -0.4 is 15.2 Å². The number of halogens is 3. The molecular formula is C17H12ClF2N7OS. The summed E-state index contributed by atoms with van der Waals surface area (Å²) in [7, 11) is 1.45. The third-order valence-electron chi connectivity index (χ3n) is 3.89. The van der Waals surface area contributed by atoms with Gasteiger partial charge in [-0.25, -0.2) is 28.7 Å². The minimum absolute atomic E-state index is 0.0212. The van der Waals surface area contributed by atoms with Gasteiger partial charge in [-0.15, -0.1) is 0 Å². The highest BCUT2D eigenvalue weighted by Crippen LogP contribution is 2.35. The quantitative estimate of drug-likeness (QED) is 0.402. The molecular weight excluding hydrogens is 424 g/mol. The second-order valence-corrected chi connectivity index (χ2v) is 6.98. The number of nitrogens with one attached hydrogen (secondary N) is 2. The Morgan fingerprint density at radius 2 is 2.07 bits per heavy atom. The fourth-order valence-corrected chi connectivity index (χ4v) is 3.57. The standard InChI is InChI=1S/C17H12ClF2N7OS/c1-28-17-10(4-7(18)5-22-17)29-27-9-3-2-8(19)11(12(9)20)15-25-13-14(21)23-6-24-16(13)26-15/h2-6,27H,1H3,(H3,21,23,24,25,26). The smallest absolute Gasteiger partial charge is 0.228 e. The van der Waals surface area contributed by atoms with Gasteiger partial charge in [0.15, 0.2) is 17.3 Å². The Kier molecular flexibility index (Phi) is 5.07. The average molecular weight is 436 g/mol. The first-order valence-electron chi connectivity index (χ1n) is 8.05. The molecule has 0 aliphatic carbocycles. The maximum absolute atomic E-state index is 15.1. The first-order valence-corrected chi connectivity index (χ1v) is 9.24. The number of hydrogen-bond donors (Lipinski definition) is 3. The zero-order valence-electron chi connectivity index (χ0n) is 14.7. The van der Waals surface area contributed by atoms with Crippen molar-refractivity contribution in [2.75, 3.05) is 17.6 Å². The number of aromatic nitrogens is 5. The fourth-order valence-electron chi connectivity index (χ4n) is 2.56. The van der Waals surface area contributed by atoms with Crippen LogP contribution in [0, 0.1) is 11.6 Å². The summed E-state index contributed by atoms with van der Waals surface area (Å²) in [6, 6.07) is 3.99. The zero-order valence-corrected chi connectivity index (χ0v) is 16.3. The van der Waals surface area contributed by atoms with Crippen LogP contribution in [0.2, 0.25) is 5.02 Å². The number of pyridine rings is 1. The van der Waals surface area contributed by atoms with Crippen molar-refractivity contribution in [1.29, 1.82) is 0 Å². The Morgan fingerprint density at radius 3 is 2.83 bits per heavy atom. The minimum Gasteiger partial charge on any atom is -0.480 e. The molecule has 0 radical (unpaired) electrons. The van der Waals surface area contributed by atoms with E-state index < -0.39 is 11.6 Å². The lowest BCUT2D eigenvalue weighted by molar-refractivity contribution is 0.387. The van der Waals surface area contributed by atoms with Crippen molar-refractivity contribution in [1.82, 2.24) is 24.9 Å². The van der Waals surface area contributed by atoms with E-state index in [1.54, 1.807) is 6.07 Å². The predicted molar refractivity (Wildman–Crippen MR) is 107 cm³/mol. The van der Waals surface area contributed by atoms with Crippen molar-refractivity contribution < 1.29 is 13.5 Å². The Hall–Kier alpha value is -3.18. The number of benzene rings is 1. The Bertz CT molecular complexity index is 1220. The van der Waals surface area contributed by atoms with Crippen LogP contribution in [0.4, 0.5) is 20.3 Å². The van der Waals surface area contributed by atoms with Gasteiger partial charge in [0.2, 0.25) is 5.88 Å². The number of imidazole rings is 1. The number of aromatic amines is 1. The SMILES string of the molecule is COc1ncc(Cl)cc1SNc1ccc(F)c(-c2nc3ncnc(N)c3[nH]2)c1F. The van der Waals surface area contributed by atoms with E-state index in [0.29, 0.717) is 21.3 Å². The Morgan fingerprint density at radius 1 is 1.24 bits per heavy atom. The van der Waals surface area contributed by atoms with Crippen molar-refractivity contribution >= 4 is 46.2 Å². The molecule has 0 bridgehead atoms. The molecule has 0 fully saturated rings. The molecule has 0 amide bonds. The molecule has 3 aromatic heterocycles. The van der Waals surface area contributed by atoms with E-state index >= 15 is 4.39 Å². The molecule has 4 rings (SSSR count). The van der Waals surface area contributed by atoms with Crippen LogP contribution in [0.15, 0.2) is 35.6 Å². The number of H-pyrrole nitrogens is 1. The van der Waals surface area contributed by atoms with E-state index in [0.717, 1.165) is 18.0 Å². The third-order valence-corrected chi connectivity index (χ3v) is 4.94. The number of nitrogens with zero attached hydrogens (tertiary/aromatic N) is 4. The molecule has 0 spiro atoms. The monoisotopic (exact) mass is 435 g/mol. The number of anilines is 2. The van der Waals surface area contributed by atoms with Crippen LogP contribution in [0.3, 0.4) is 0 Å². The summed E-state index contributed by atoms with van der Waals surface area (Å²) in [5.74, 6) is -1.28. The average Bonchev–Trinajstić information content (AvgIpc) is 3.13. The van der Waals surface area contributed by atoms with Crippen molar-refractivity contribution in [2.24, 2.45) is 0 Å². The van der Waals surface area contributed by atoms with Crippen molar-refractivity contribution in [3.8, 4) is 17.3 Å². The minimum atomic E-state index is -0.850. The lowest BCUT2D eigenvalue weighted by Gasteiger charge is -2.11. The topological polar surface area (TPSA) is 115 Å². The van der Waals surface area contributed by atoms with E-state index in [-0.39, 0.29) is 28.5 Å². The largest absolute Gasteiger partial charge is 0.480 e. The van der Waals surface area contributed by atoms with Crippen molar-refractivity contribution in [3.63, 3.8) is 0 Å². The fraction of sp³-hybridized carbons (Fsp3) is 0.0588. The summed E-state index contributed by atoms with van der Waals surface area (Å²) in [6.45, 7) is 0.